The fraction of sp³-hybridized carbons (Fsp3) is 0.667. The van der Waals surface area contributed by atoms with Crippen LogP contribution in [0.5, 0.6) is 0 Å². The van der Waals surface area contributed by atoms with Gasteiger partial charge in [0.25, 0.3) is 6.43 Å². The van der Waals surface area contributed by atoms with Gasteiger partial charge in [0.2, 0.25) is 0 Å². The highest BCUT2D eigenvalue weighted by molar-refractivity contribution is 5.85. The summed E-state index contributed by atoms with van der Waals surface area (Å²) in [5.74, 6) is 0.522. The van der Waals surface area contributed by atoms with E-state index in [1.54, 1.807) is 12.4 Å². The monoisotopic (exact) mass is 239 g/mol. The molecule has 1 N–H and O–H groups in total. The van der Waals surface area contributed by atoms with Crippen molar-refractivity contribution in [3.05, 3.63) is 12.4 Å². The molecule has 0 saturated heterocycles. The van der Waals surface area contributed by atoms with E-state index in [0.717, 1.165) is 12.2 Å². The lowest BCUT2D eigenvalue weighted by Crippen LogP contribution is -2.08. The fourth-order valence-electron chi connectivity index (χ4n) is 1.02. The van der Waals surface area contributed by atoms with Crippen LogP contribution in [-0.4, -0.2) is 22.8 Å². The lowest BCUT2D eigenvalue weighted by molar-refractivity contribution is 0.122. The van der Waals surface area contributed by atoms with Crippen LogP contribution in [0.4, 0.5) is 14.5 Å². The van der Waals surface area contributed by atoms with Crippen LogP contribution in [0.3, 0.4) is 0 Å². The minimum Gasteiger partial charge on any atom is -0.382 e. The number of nitrogens with zero attached hydrogens (tertiary/aromatic N) is 2. The van der Waals surface area contributed by atoms with Crippen molar-refractivity contribution >= 4 is 18.1 Å². The van der Waals surface area contributed by atoms with Crippen LogP contribution in [0.15, 0.2) is 12.4 Å². The smallest absolute Gasteiger partial charge is 0.257 e. The van der Waals surface area contributed by atoms with E-state index in [1.807, 2.05) is 0 Å². The molecule has 0 spiro atoms. The van der Waals surface area contributed by atoms with E-state index in [2.05, 4.69) is 24.3 Å². The maximum absolute atomic E-state index is 12.0. The number of alkyl halides is 2. The predicted octanol–water partition coefficient (Wildman–Crippen LogP) is 2.64. The zero-order valence-electron chi connectivity index (χ0n) is 8.78. The third kappa shape index (κ3) is 5.57. The van der Waals surface area contributed by atoms with Crippen LogP contribution in [0.2, 0.25) is 0 Å². The number of hydrogen-bond acceptors (Lipinski definition) is 2. The van der Waals surface area contributed by atoms with Crippen LogP contribution in [0, 0.1) is 5.92 Å². The quantitative estimate of drug-likeness (QED) is 0.856. The Hall–Kier alpha value is -0.840. The Bertz CT molecular complexity index is 276. The molecule has 0 amide bonds. The Balaban J connectivity index is 0.00000196. The zero-order valence-corrected chi connectivity index (χ0v) is 9.60. The third-order valence-electron chi connectivity index (χ3n) is 1.67. The summed E-state index contributed by atoms with van der Waals surface area (Å²) in [5.41, 5.74) is 0.791. The van der Waals surface area contributed by atoms with Gasteiger partial charge < -0.3 is 5.32 Å². The van der Waals surface area contributed by atoms with Gasteiger partial charge in [-0.15, -0.1) is 12.4 Å². The van der Waals surface area contributed by atoms with Gasteiger partial charge in [0, 0.05) is 12.7 Å². The molecule has 0 fully saturated rings. The summed E-state index contributed by atoms with van der Waals surface area (Å²) in [6, 6.07) is 0. The number of anilines is 1. The van der Waals surface area contributed by atoms with E-state index in [-0.39, 0.29) is 19.0 Å². The van der Waals surface area contributed by atoms with Gasteiger partial charge in [-0.3, -0.25) is 4.68 Å². The minimum atomic E-state index is -2.35. The molecule has 0 radical (unpaired) electrons. The van der Waals surface area contributed by atoms with Crippen LogP contribution >= 0.6 is 12.4 Å². The number of halogens is 3. The SMILES string of the molecule is CC(C)CNc1cnn(CC(F)F)c1.Cl. The third-order valence-corrected chi connectivity index (χ3v) is 1.67. The van der Waals surface area contributed by atoms with E-state index in [9.17, 15) is 8.78 Å². The molecular weight excluding hydrogens is 224 g/mol. The van der Waals surface area contributed by atoms with E-state index in [4.69, 9.17) is 0 Å². The van der Waals surface area contributed by atoms with Crippen molar-refractivity contribution < 1.29 is 8.78 Å². The number of aromatic nitrogens is 2. The number of hydrogen-bond donors (Lipinski definition) is 1. The summed E-state index contributed by atoms with van der Waals surface area (Å²) in [4.78, 5) is 0. The van der Waals surface area contributed by atoms with Crippen molar-refractivity contribution in [3.63, 3.8) is 0 Å². The topological polar surface area (TPSA) is 29.9 Å². The van der Waals surface area contributed by atoms with Crippen molar-refractivity contribution in [2.75, 3.05) is 11.9 Å². The van der Waals surface area contributed by atoms with Crippen LogP contribution in [-0.2, 0) is 6.54 Å². The highest BCUT2D eigenvalue weighted by Crippen LogP contribution is 2.07. The average molecular weight is 240 g/mol. The van der Waals surface area contributed by atoms with Crippen molar-refractivity contribution in [1.82, 2.24) is 9.78 Å². The van der Waals surface area contributed by atoms with Gasteiger partial charge in [-0.1, -0.05) is 13.8 Å². The molecule has 3 nitrogen and oxygen atoms in total. The van der Waals surface area contributed by atoms with Gasteiger partial charge in [0.15, 0.2) is 0 Å². The maximum atomic E-state index is 12.0. The standard InChI is InChI=1S/C9H15F2N3.ClH/c1-7(2)3-12-8-4-13-14(5-8)6-9(10)11;/h4-5,7,9,12H,3,6H2,1-2H3;1H. The van der Waals surface area contributed by atoms with E-state index in [0.29, 0.717) is 5.92 Å². The molecule has 0 unspecified atom stereocenters. The molecule has 0 atom stereocenters. The predicted molar refractivity (Wildman–Crippen MR) is 58.8 cm³/mol. The molecule has 1 heterocycles. The van der Waals surface area contributed by atoms with Crippen molar-refractivity contribution in [2.24, 2.45) is 5.92 Å². The maximum Gasteiger partial charge on any atom is 0.257 e. The Kier molecular flexibility index (Phi) is 6.24. The summed E-state index contributed by atoms with van der Waals surface area (Å²) < 4.78 is 25.2. The molecule has 0 aliphatic carbocycles. The fourth-order valence-corrected chi connectivity index (χ4v) is 1.02. The molecule has 88 valence electrons. The van der Waals surface area contributed by atoms with Gasteiger partial charge in [-0.25, -0.2) is 8.78 Å². The van der Waals surface area contributed by atoms with Crippen LogP contribution in [0.25, 0.3) is 0 Å². The van der Waals surface area contributed by atoms with Crippen LogP contribution in [0.1, 0.15) is 13.8 Å². The first kappa shape index (κ1) is 14.2. The Morgan fingerprint density at radius 2 is 2.13 bits per heavy atom. The largest absolute Gasteiger partial charge is 0.382 e. The van der Waals surface area contributed by atoms with Crippen molar-refractivity contribution in [1.29, 1.82) is 0 Å². The molecule has 1 aromatic heterocycles. The molecule has 0 saturated carbocycles. The van der Waals surface area contributed by atoms with Gasteiger partial charge in [0.05, 0.1) is 11.9 Å². The second-order valence-electron chi connectivity index (χ2n) is 3.62. The molecule has 6 heteroatoms. The second-order valence-corrected chi connectivity index (χ2v) is 3.62. The van der Waals surface area contributed by atoms with Gasteiger partial charge in [-0.2, -0.15) is 5.10 Å². The summed E-state index contributed by atoms with van der Waals surface area (Å²) in [6.45, 7) is 4.64. The molecule has 0 aliphatic rings. The van der Waals surface area contributed by atoms with Crippen LogP contribution < -0.4 is 5.32 Å². The highest BCUT2D eigenvalue weighted by atomic mass is 35.5. The summed E-state index contributed by atoms with van der Waals surface area (Å²) in [6.07, 6.45) is 0.798. The molecule has 15 heavy (non-hydrogen) atoms. The first-order chi connectivity index (χ1) is 6.58. The molecule has 1 rings (SSSR count). The Morgan fingerprint density at radius 1 is 1.47 bits per heavy atom. The van der Waals surface area contributed by atoms with Gasteiger partial charge >= 0.3 is 0 Å². The van der Waals surface area contributed by atoms with Crippen molar-refractivity contribution in [3.8, 4) is 0 Å². The molecule has 0 aliphatic heterocycles. The second kappa shape index (κ2) is 6.61. The molecule has 1 aromatic rings. The van der Waals surface area contributed by atoms with Crippen molar-refractivity contribution in [2.45, 2.75) is 26.8 Å². The first-order valence-corrected chi connectivity index (χ1v) is 4.62. The average Bonchev–Trinajstić information content (AvgIpc) is 2.47. The number of nitrogens with one attached hydrogen (secondary N) is 1. The van der Waals surface area contributed by atoms with Gasteiger partial charge in [-0.05, 0) is 5.92 Å². The first-order valence-electron chi connectivity index (χ1n) is 4.62. The summed E-state index contributed by atoms with van der Waals surface area (Å²) in [5, 5.41) is 6.92. The summed E-state index contributed by atoms with van der Waals surface area (Å²) >= 11 is 0. The minimum absolute atomic E-state index is 0. The summed E-state index contributed by atoms with van der Waals surface area (Å²) in [7, 11) is 0. The lowest BCUT2D eigenvalue weighted by Gasteiger charge is -2.05. The van der Waals surface area contributed by atoms with E-state index in [1.165, 1.54) is 4.68 Å². The lowest BCUT2D eigenvalue weighted by atomic mass is 10.2. The highest BCUT2D eigenvalue weighted by Gasteiger charge is 2.05. The number of rotatable bonds is 5. The zero-order chi connectivity index (χ0) is 10.6. The van der Waals surface area contributed by atoms with E-state index >= 15 is 0 Å². The van der Waals surface area contributed by atoms with E-state index < -0.39 is 6.43 Å². The molecule has 0 bridgehead atoms. The Morgan fingerprint density at radius 3 is 2.67 bits per heavy atom. The Labute approximate surface area is 94.3 Å². The molecule has 0 aromatic carbocycles. The molecular formula is C9H16ClF2N3. The normalized spacial score (nSPS) is 10.5. The van der Waals surface area contributed by atoms with Gasteiger partial charge in [0.1, 0.15) is 6.54 Å².